The van der Waals surface area contributed by atoms with Crippen molar-refractivity contribution in [2.45, 2.75) is 32.6 Å². The summed E-state index contributed by atoms with van der Waals surface area (Å²) in [4.78, 5) is 0.401. The molecule has 1 fully saturated rings. The summed E-state index contributed by atoms with van der Waals surface area (Å²) in [5.41, 5.74) is 1.13. The molecular formula is C14H21NO2S. The molecule has 0 N–H and O–H groups in total. The van der Waals surface area contributed by atoms with E-state index in [-0.39, 0.29) is 5.41 Å². The van der Waals surface area contributed by atoms with Crippen LogP contribution < -0.4 is 0 Å². The van der Waals surface area contributed by atoms with Crippen LogP contribution in [-0.4, -0.2) is 25.8 Å². The zero-order chi connectivity index (χ0) is 13.6. The van der Waals surface area contributed by atoms with E-state index < -0.39 is 10.0 Å². The zero-order valence-corrected chi connectivity index (χ0v) is 12.3. The standard InChI is InChI=1S/C14H21NO2S/c1-11-5-7-13(8-6-11)18(16,17)15-9-12(2)14(3,4)10-15/h5-8,12H,9-10H2,1-4H3. The summed E-state index contributed by atoms with van der Waals surface area (Å²) in [5.74, 6) is 0.387. The first-order valence-corrected chi connectivity index (χ1v) is 7.74. The van der Waals surface area contributed by atoms with Crippen LogP contribution in [0.2, 0.25) is 0 Å². The van der Waals surface area contributed by atoms with Crippen molar-refractivity contribution in [2.75, 3.05) is 13.1 Å². The van der Waals surface area contributed by atoms with Crippen LogP contribution in [0.25, 0.3) is 0 Å². The first-order chi connectivity index (χ1) is 8.23. The Morgan fingerprint density at radius 1 is 1.22 bits per heavy atom. The summed E-state index contributed by atoms with van der Waals surface area (Å²) in [7, 11) is -3.33. The molecule has 3 nitrogen and oxygen atoms in total. The minimum Gasteiger partial charge on any atom is -0.207 e. The zero-order valence-electron chi connectivity index (χ0n) is 11.5. The molecule has 100 valence electrons. The van der Waals surface area contributed by atoms with E-state index in [1.807, 2.05) is 19.1 Å². The summed E-state index contributed by atoms with van der Waals surface area (Å²) in [6, 6.07) is 7.08. The average Bonchev–Trinajstić information content (AvgIpc) is 2.55. The van der Waals surface area contributed by atoms with E-state index in [1.54, 1.807) is 16.4 Å². The second-order valence-corrected chi connectivity index (χ2v) is 7.94. The molecule has 0 saturated carbocycles. The third kappa shape index (κ3) is 2.31. The lowest BCUT2D eigenvalue weighted by Crippen LogP contribution is -2.30. The van der Waals surface area contributed by atoms with Crippen molar-refractivity contribution in [1.82, 2.24) is 4.31 Å². The van der Waals surface area contributed by atoms with Crippen molar-refractivity contribution in [3.05, 3.63) is 29.8 Å². The lowest BCUT2D eigenvalue weighted by Gasteiger charge is -2.22. The van der Waals surface area contributed by atoms with E-state index in [2.05, 4.69) is 20.8 Å². The normalized spacial score (nSPS) is 24.3. The van der Waals surface area contributed by atoms with Crippen molar-refractivity contribution < 1.29 is 8.42 Å². The molecule has 1 saturated heterocycles. The second kappa shape index (κ2) is 4.35. The molecule has 0 radical (unpaired) electrons. The molecule has 0 amide bonds. The number of sulfonamides is 1. The van der Waals surface area contributed by atoms with Crippen LogP contribution in [0.15, 0.2) is 29.2 Å². The molecule has 4 heteroatoms. The fraction of sp³-hybridized carbons (Fsp3) is 0.571. The lowest BCUT2D eigenvalue weighted by molar-refractivity contribution is 0.306. The summed E-state index contributed by atoms with van der Waals surface area (Å²) >= 11 is 0. The van der Waals surface area contributed by atoms with E-state index in [1.165, 1.54) is 0 Å². The minimum absolute atomic E-state index is 0.0533. The van der Waals surface area contributed by atoms with Gasteiger partial charge in [0.1, 0.15) is 0 Å². The van der Waals surface area contributed by atoms with Crippen molar-refractivity contribution >= 4 is 10.0 Å². The number of aryl methyl sites for hydroxylation is 1. The van der Waals surface area contributed by atoms with Gasteiger partial charge in [-0.15, -0.1) is 0 Å². The fourth-order valence-corrected chi connectivity index (χ4v) is 3.97. The van der Waals surface area contributed by atoms with Crippen LogP contribution in [0.3, 0.4) is 0 Å². The highest BCUT2D eigenvalue weighted by Gasteiger charge is 2.41. The molecule has 1 unspecified atom stereocenters. The maximum absolute atomic E-state index is 12.5. The predicted octanol–water partition coefficient (Wildman–Crippen LogP) is 2.66. The van der Waals surface area contributed by atoms with Gasteiger partial charge in [0.15, 0.2) is 0 Å². The maximum Gasteiger partial charge on any atom is 0.243 e. The lowest BCUT2D eigenvalue weighted by atomic mass is 9.84. The molecular weight excluding hydrogens is 246 g/mol. The number of rotatable bonds is 2. The molecule has 1 aliphatic rings. The van der Waals surface area contributed by atoms with E-state index in [9.17, 15) is 8.42 Å². The van der Waals surface area contributed by atoms with Crippen molar-refractivity contribution in [3.63, 3.8) is 0 Å². The van der Waals surface area contributed by atoms with Crippen molar-refractivity contribution in [2.24, 2.45) is 11.3 Å². The summed E-state index contributed by atoms with van der Waals surface area (Å²) in [5, 5.41) is 0. The predicted molar refractivity (Wildman–Crippen MR) is 72.9 cm³/mol. The molecule has 0 aliphatic carbocycles. The molecule has 0 aromatic heterocycles. The van der Waals surface area contributed by atoms with Crippen LogP contribution in [0, 0.1) is 18.3 Å². The van der Waals surface area contributed by atoms with E-state index >= 15 is 0 Å². The Bertz CT molecular complexity index is 531. The molecule has 2 rings (SSSR count). The van der Waals surface area contributed by atoms with Crippen LogP contribution in [-0.2, 0) is 10.0 Å². The Labute approximate surface area is 110 Å². The first kappa shape index (κ1) is 13.6. The van der Waals surface area contributed by atoms with Crippen molar-refractivity contribution in [1.29, 1.82) is 0 Å². The maximum atomic E-state index is 12.5. The molecule has 0 spiro atoms. The Hall–Kier alpha value is -0.870. The van der Waals surface area contributed by atoms with E-state index in [0.29, 0.717) is 23.9 Å². The Balaban J connectivity index is 2.31. The highest BCUT2D eigenvalue weighted by atomic mass is 32.2. The second-order valence-electron chi connectivity index (χ2n) is 6.00. The Kier molecular flexibility index (Phi) is 3.28. The molecule has 18 heavy (non-hydrogen) atoms. The van der Waals surface area contributed by atoms with Crippen LogP contribution in [0.1, 0.15) is 26.3 Å². The van der Waals surface area contributed by atoms with Gasteiger partial charge in [-0.1, -0.05) is 38.5 Å². The number of benzene rings is 1. The Morgan fingerprint density at radius 3 is 2.22 bits per heavy atom. The number of hydrogen-bond donors (Lipinski definition) is 0. The summed E-state index contributed by atoms with van der Waals surface area (Å²) in [6.07, 6.45) is 0. The number of hydrogen-bond acceptors (Lipinski definition) is 2. The van der Waals surface area contributed by atoms with Gasteiger partial charge in [0, 0.05) is 13.1 Å². The first-order valence-electron chi connectivity index (χ1n) is 6.30. The quantitative estimate of drug-likeness (QED) is 0.826. The highest BCUT2D eigenvalue weighted by Crippen LogP contribution is 2.37. The smallest absolute Gasteiger partial charge is 0.207 e. The molecule has 1 aromatic rings. The molecule has 0 bridgehead atoms. The Morgan fingerprint density at radius 2 is 1.78 bits per heavy atom. The average molecular weight is 267 g/mol. The van der Waals surface area contributed by atoms with Gasteiger partial charge in [0.25, 0.3) is 0 Å². The summed E-state index contributed by atoms with van der Waals surface area (Å²) < 4.78 is 26.6. The fourth-order valence-electron chi connectivity index (χ4n) is 2.27. The number of nitrogens with zero attached hydrogens (tertiary/aromatic N) is 1. The highest BCUT2D eigenvalue weighted by molar-refractivity contribution is 7.89. The van der Waals surface area contributed by atoms with Gasteiger partial charge in [-0.2, -0.15) is 4.31 Å². The van der Waals surface area contributed by atoms with Crippen molar-refractivity contribution in [3.8, 4) is 0 Å². The monoisotopic (exact) mass is 267 g/mol. The van der Waals surface area contributed by atoms with Gasteiger partial charge in [-0.25, -0.2) is 8.42 Å². The van der Waals surface area contributed by atoms with Gasteiger partial charge in [0.2, 0.25) is 10.0 Å². The van der Waals surface area contributed by atoms with Gasteiger partial charge in [-0.3, -0.25) is 0 Å². The SMILES string of the molecule is Cc1ccc(S(=O)(=O)N2CC(C)C(C)(C)C2)cc1. The van der Waals surface area contributed by atoms with Gasteiger partial charge in [0.05, 0.1) is 4.90 Å². The van der Waals surface area contributed by atoms with Gasteiger partial charge in [-0.05, 0) is 30.4 Å². The molecule has 1 heterocycles. The molecule has 1 atom stereocenters. The molecule has 1 aromatic carbocycles. The van der Waals surface area contributed by atoms with Crippen LogP contribution in [0.5, 0.6) is 0 Å². The largest absolute Gasteiger partial charge is 0.243 e. The topological polar surface area (TPSA) is 37.4 Å². The third-order valence-corrected chi connectivity index (χ3v) is 5.88. The van der Waals surface area contributed by atoms with Crippen LogP contribution in [0.4, 0.5) is 0 Å². The summed E-state index contributed by atoms with van der Waals surface area (Å²) in [6.45, 7) is 9.54. The van der Waals surface area contributed by atoms with E-state index in [0.717, 1.165) is 5.56 Å². The molecule has 1 aliphatic heterocycles. The van der Waals surface area contributed by atoms with Gasteiger partial charge < -0.3 is 0 Å². The minimum atomic E-state index is -3.33. The van der Waals surface area contributed by atoms with Gasteiger partial charge >= 0.3 is 0 Å². The van der Waals surface area contributed by atoms with Crippen LogP contribution >= 0.6 is 0 Å². The third-order valence-electron chi connectivity index (χ3n) is 4.05. The van der Waals surface area contributed by atoms with E-state index in [4.69, 9.17) is 0 Å².